The van der Waals surface area contributed by atoms with Gasteiger partial charge < -0.3 is 104 Å². The molecule has 0 amide bonds. The number of carbonyl (C=O) groups excluding carboxylic acids is 1. The van der Waals surface area contributed by atoms with Crippen molar-refractivity contribution in [2.24, 2.45) is 0 Å². The lowest BCUT2D eigenvalue weighted by Gasteiger charge is -2.45. The molecule has 7 rings (SSSR count). The highest BCUT2D eigenvalue weighted by atomic mass is 16.8. The molecule has 0 spiro atoms. The topological polar surface area (TPSA) is 375 Å². The second-order valence-electron chi connectivity index (χ2n) is 15.4. The molecule has 3 aromatic carbocycles. The monoisotopic (exact) mass is 918 g/mol. The van der Waals surface area contributed by atoms with Crippen LogP contribution in [-0.4, -0.2) is 178 Å². The first-order valence-electron chi connectivity index (χ1n) is 19.9. The highest BCUT2D eigenvalue weighted by molar-refractivity contribution is 5.89. The Kier molecular flexibility index (Phi) is 14.2. The van der Waals surface area contributed by atoms with E-state index in [2.05, 4.69) is 0 Å². The number of benzene rings is 3. The third-order valence-corrected chi connectivity index (χ3v) is 10.9. The lowest BCUT2D eigenvalue weighted by molar-refractivity contribution is -0.358. The molecule has 0 bridgehead atoms. The average molecular weight is 919 g/mol. The summed E-state index contributed by atoms with van der Waals surface area (Å²) < 4.78 is 45.5. The van der Waals surface area contributed by atoms with Crippen LogP contribution in [0.4, 0.5) is 0 Å². The van der Waals surface area contributed by atoms with Crippen molar-refractivity contribution in [3.63, 3.8) is 0 Å². The van der Waals surface area contributed by atoms with E-state index in [0.29, 0.717) is 5.56 Å². The fourth-order valence-corrected chi connectivity index (χ4v) is 7.23. The number of phenolic OH excluding ortho intramolecular Hbond substituents is 4. The van der Waals surface area contributed by atoms with Crippen molar-refractivity contribution in [1.29, 1.82) is 0 Å². The molecule has 65 heavy (non-hydrogen) atoms. The summed E-state index contributed by atoms with van der Waals surface area (Å²) in [7, 11) is 0. The van der Waals surface area contributed by atoms with E-state index in [9.17, 15) is 76.0 Å². The van der Waals surface area contributed by atoms with Gasteiger partial charge >= 0.3 is 5.97 Å². The Balaban J connectivity index is 1.20. The number of ether oxygens (including phenoxy) is 7. The third-order valence-electron chi connectivity index (χ3n) is 10.9. The molecule has 0 saturated carbocycles. The maximum absolute atomic E-state index is 14.4. The molecule has 23 nitrogen and oxygen atoms in total. The molecule has 23 heteroatoms. The molecule has 3 aliphatic rings. The molecular weight excluding hydrogens is 872 g/mol. The Morgan fingerprint density at radius 3 is 2.03 bits per heavy atom. The summed E-state index contributed by atoms with van der Waals surface area (Å²) in [5.41, 5.74) is -1.23. The smallest absolute Gasteiger partial charge is 0.330 e. The number of hydrogen-bond acceptors (Lipinski definition) is 23. The van der Waals surface area contributed by atoms with Gasteiger partial charge in [-0.25, -0.2) is 4.79 Å². The van der Waals surface area contributed by atoms with E-state index >= 15 is 0 Å². The second-order valence-corrected chi connectivity index (χ2v) is 15.4. The van der Waals surface area contributed by atoms with E-state index < -0.39 is 156 Å². The molecule has 3 aliphatic heterocycles. The number of rotatable bonds is 12. The normalized spacial score (nSPS) is 32.9. The fraction of sp³-hybridized carbons (Fsp3) is 0.429. The Labute approximate surface area is 365 Å². The predicted octanol–water partition coefficient (Wildman–Crippen LogP) is -2.24. The summed E-state index contributed by atoms with van der Waals surface area (Å²) in [6, 6.07) is 10.9. The van der Waals surface area contributed by atoms with Crippen LogP contribution in [0.5, 0.6) is 34.5 Å². The zero-order valence-corrected chi connectivity index (χ0v) is 33.8. The van der Waals surface area contributed by atoms with Crippen LogP contribution in [0.2, 0.25) is 0 Å². The third kappa shape index (κ3) is 9.83. The van der Waals surface area contributed by atoms with Gasteiger partial charge in [0.15, 0.2) is 29.7 Å². The van der Waals surface area contributed by atoms with Gasteiger partial charge in [0, 0.05) is 23.8 Å². The average Bonchev–Trinajstić information content (AvgIpc) is 3.28. The molecule has 3 saturated heterocycles. The van der Waals surface area contributed by atoms with Gasteiger partial charge in [0.25, 0.3) is 0 Å². The number of fused-ring (bicyclic) bond motifs is 1. The van der Waals surface area contributed by atoms with Crippen LogP contribution in [0.1, 0.15) is 12.5 Å². The maximum atomic E-state index is 14.4. The quantitative estimate of drug-likeness (QED) is 0.0406. The number of esters is 1. The van der Waals surface area contributed by atoms with Gasteiger partial charge in [-0.3, -0.25) is 4.79 Å². The minimum atomic E-state index is -2.10. The number of carbonyl (C=O) groups is 1. The van der Waals surface area contributed by atoms with Gasteiger partial charge in [0.2, 0.25) is 23.8 Å². The minimum Gasteiger partial charge on any atom is -0.508 e. The molecule has 0 radical (unpaired) electrons. The van der Waals surface area contributed by atoms with Gasteiger partial charge in [0.05, 0.1) is 12.7 Å². The van der Waals surface area contributed by atoms with Crippen molar-refractivity contribution in [3.05, 3.63) is 76.5 Å². The number of hydrogen-bond donors (Lipinski definition) is 13. The predicted molar refractivity (Wildman–Crippen MR) is 214 cm³/mol. The van der Waals surface area contributed by atoms with Gasteiger partial charge in [-0.05, 0) is 48.9 Å². The summed E-state index contributed by atoms with van der Waals surface area (Å²) in [4.78, 5) is 26.9. The highest BCUT2D eigenvalue weighted by Crippen LogP contribution is 2.41. The lowest BCUT2D eigenvalue weighted by Crippen LogP contribution is -2.65. The molecule has 4 aromatic rings. The molecule has 3 fully saturated rings. The molecule has 0 unspecified atom stereocenters. The fourth-order valence-electron chi connectivity index (χ4n) is 7.23. The van der Waals surface area contributed by atoms with Crippen LogP contribution in [0.15, 0.2) is 69.9 Å². The van der Waals surface area contributed by atoms with E-state index in [0.717, 1.165) is 30.3 Å². The van der Waals surface area contributed by atoms with Crippen molar-refractivity contribution in [2.75, 3.05) is 13.2 Å². The Bertz CT molecular complexity index is 2400. The van der Waals surface area contributed by atoms with Gasteiger partial charge in [-0.15, -0.1) is 0 Å². The van der Waals surface area contributed by atoms with Crippen molar-refractivity contribution in [2.45, 2.75) is 99.0 Å². The molecule has 352 valence electrons. The molecule has 13 N–H and O–H groups in total. The van der Waals surface area contributed by atoms with Crippen LogP contribution in [0, 0.1) is 0 Å². The maximum Gasteiger partial charge on any atom is 0.330 e. The molecule has 0 aliphatic carbocycles. The van der Waals surface area contributed by atoms with E-state index in [4.69, 9.17) is 37.6 Å². The minimum absolute atomic E-state index is 0.00463. The first-order chi connectivity index (χ1) is 30.9. The van der Waals surface area contributed by atoms with E-state index in [1.165, 1.54) is 43.3 Å². The van der Waals surface area contributed by atoms with Crippen molar-refractivity contribution >= 4 is 23.0 Å². The van der Waals surface area contributed by atoms with Gasteiger partial charge in [0.1, 0.15) is 95.9 Å². The number of aliphatic hydroxyl groups is 9. The zero-order valence-electron chi connectivity index (χ0n) is 33.8. The van der Waals surface area contributed by atoms with Crippen LogP contribution in [-0.2, 0) is 28.5 Å². The summed E-state index contributed by atoms with van der Waals surface area (Å²) in [5, 5.41) is 136. The van der Waals surface area contributed by atoms with Crippen LogP contribution < -0.4 is 14.9 Å². The number of aromatic hydroxyl groups is 4. The van der Waals surface area contributed by atoms with Crippen LogP contribution in [0.3, 0.4) is 0 Å². The summed E-state index contributed by atoms with van der Waals surface area (Å²) in [6.07, 6.45) is -24.6. The number of phenols is 4. The lowest BCUT2D eigenvalue weighted by atomic mass is 9.97. The highest BCUT2D eigenvalue weighted by Gasteiger charge is 2.52. The Morgan fingerprint density at radius 1 is 0.677 bits per heavy atom. The Hall–Kier alpha value is -5.64. The molecule has 4 heterocycles. The van der Waals surface area contributed by atoms with Gasteiger partial charge in [-0.1, -0.05) is 12.1 Å². The van der Waals surface area contributed by atoms with E-state index in [1.54, 1.807) is 0 Å². The number of aliphatic hydroxyl groups excluding tert-OH is 9. The van der Waals surface area contributed by atoms with Crippen molar-refractivity contribution < 1.29 is 109 Å². The molecular formula is C42H46O23. The second kappa shape index (κ2) is 19.4. The molecule has 1 aromatic heterocycles. The van der Waals surface area contributed by atoms with Crippen molar-refractivity contribution in [1.82, 2.24) is 0 Å². The van der Waals surface area contributed by atoms with Gasteiger partial charge in [-0.2, -0.15) is 0 Å². The standard InChI is InChI=1S/C42H46O23/c1-15-28(49)32(53)35(56)40(59-15)60-19-11-22(47)27-23(12-19)61-37(17-5-8-20(45)21(46)10-17)38(31(27)52)64-42-39(34(55)29(50)24(13-43)62-42)65-41-36(57)33(54)30(51)25(63-41)14-58-26(48)9-4-16-2-6-18(44)7-3-16/h2-12,15,24-25,28-30,32-36,39-47,49-51,53-57H,13-14H2,1H3/b9-4+/t15-,24+,25+,28-,29+,30+,32+,33-,34-,35+,36+,39+,40-,41-,42-/m0/s1. The summed E-state index contributed by atoms with van der Waals surface area (Å²) in [6.45, 7) is -0.272. The largest absolute Gasteiger partial charge is 0.508 e. The SMILES string of the molecule is C[C@@H]1O[C@@H](Oc2cc(O)c3c(=O)c(O[C@@H]4O[C@H](CO)[C@@H](O)[C@H](O)[C@H]4O[C@@H]4O[C@H](COC(=O)/C=C/c5ccc(O)cc5)[C@@H](O)[C@H](O)[C@H]4O)c(-c4ccc(O)c(O)c4)oc3c2)[C@H](O)[C@H](O)[C@H]1O. The van der Waals surface area contributed by atoms with Crippen LogP contribution >= 0.6 is 0 Å². The van der Waals surface area contributed by atoms with Crippen molar-refractivity contribution in [3.8, 4) is 45.8 Å². The van der Waals surface area contributed by atoms with Crippen LogP contribution in [0.25, 0.3) is 28.4 Å². The zero-order chi connectivity index (χ0) is 47.0. The van der Waals surface area contributed by atoms with E-state index in [-0.39, 0.29) is 17.1 Å². The Morgan fingerprint density at radius 2 is 1.34 bits per heavy atom. The van der Waals surface area contributed by atoms with E-state index in [1.807, 2.05) is 0 Å². The first kappa shape index (κ1) is 47.3. The summed E-state index contributed by atoms with van der Waals surface area (Å²) >= 11 is 0. The first-order valence-corrected chi connectivity index (χ1v) is 19.9. The molecule has 15 atom stereocenters. The summed E-state index contributed by atoms with van der Waals surface area (Å²) in [5.74, 6) is -4.72.